The van der Waals surface area contributed by atoms with Crippen LogP contribution >= 0.6 is 0 Å². The fourth-order valence-electron chi connectivity index (χ4n) is 4.37. The van der Waals surface area contributed by atoms with Crippen LogP contribution < -0.4 is 5.73 Å². The standard InChI is InChI=1S/C28H36N8O4/c1-27(2,3)36-26-20(24(29)32-15-33-26)21(34-36)22-19(23(40-35-22)17-7-8-17)25-30-13-16(14-31-25)9-11-38-12-10-18(37)39-28(4,5)6/h13-15,17H,7-12H2,1-6H3,(H2,29,32,33). The number of nitrogens with zero attached hydrogens (tertiary/aromatic N) is 7. The predicted octanol–water partition coefficient (Wildman–Crippen LogP) is 4.44. The minimum Gasteiger partial charge on any atom is -0.460 e. The van der Waals surface area contributed by atoms with E-state index in [-0.39, 0.29) is 23.8 Å². The minimum absolute atomic E-state index is 0.210. The number of aromatic nitrogens is 7. The van der Waals surface area contributed by atoms with Crippen LogP contribution in [0, 0.1) is 0 Å². The monoisotopic (exact) mass is 548 g/mol. The van der Waals surface area contributed by atoms with Crippen molar-refractivity contribution in [2.24, 2.45) is 0 Å². The van der Waals surface area contributed by atoms with Gasteiger partial charge in [0.1, 0.15) is 29.1 Å². The van der Waals surface area contributed by atoms with Crippen LogP contribution in [0.1, 0.15) is 78.0 Å². The van der Waals surface area contributed by atoms with Gasteiger partial charge in [0.15, 0.2) is 17.2 Å². The highest BCUT2D eigenvalue weighted by Gasteiger charge is 2.36. The van der Waals surface area contributed by atoms with Crippen molar-refractivity contribution in [3.05, 3.63) is 30.0 Å². The summed E-state index contributed by atoms with van der Waals surface area (Å²) in [6.07, 6.45) is 7.84. The highest BCUT2D eigenvalue weighted by molar-refractivity contribution is 6.00. The molecule has 0 aromatic carbocycles. The summed E-state index contributed by atoms with van der Waals surface area (Å²) in [5.74, 6) is 1.57. The molecule has 12 nitrogen and oxygen atoms in total. The quantitative estimate of drug-likeness (QED) is 0.233. The molecular formula is C28H36N8O4. The third-order valence-electron chi connectivity index (χ3n) is 6.35. The van der Waals surface area contributed by atoms with Crippen molar-refractivity contribution >= 4 is 22.8 Å². The molecule has 0 radical (unpaired) electrons. The first-order chi connectivity index (χ1) is 18.9. The SMILES string of the molecule is CC(C)(C)OC(=O)CCOCCc1cnc(-c2c(-c3nn(C(C)(C)C)c4ncnc(N)c34)noc2C2CC2)nc1. The summed E-state index contributed by atoms with van der Waals surface area (Å²) in [4.78, 5) is 29.9. The Morgan fingerprint density at radius 3 is 2.42 bits per heavy atom. The Bertz CT molecular complexity index is 1510. The van der Waals surface area contributed by atoms with Crippen molar-refractivity contribution in [3.8, 4) is 22.8 Å². The Hall–Kier alpha value is -3.93. The molecule has 2 N–H and O–H groups in total. The normalized spacial score (nSPS) is 14.2. The maximum absolute atomic E-state index is 11.8. The lowest BCUT2D eigenvalue weighted by molar-refractivity contribution is -0.156. The maximum Gasteiger partial charge on any atom is 0.308 e. The second-order valence-corrected chi connectivity index (χ2v) is 12.0. The topological polar surface area (TPSA) is 157 Å². The second-order valence-electron chi connectivity index (χ2n) is 12.0. The van der Waals surface area contributed by atoms with E-state index in [1.165, 1.54) is 6.33 Å². The number of rotatable bonds is 9. The number of carbonyl (C=O) groups excluding carboxylic acids is 1. The van der Waals surface area contributed by atoms with Gasteiger partial charge in [0, 0.05) is 18.3 Å². The summed E-state index contributed by atoms with van der Waals surface area (Å²) in [5, 5.41) is 9.94. The maximum atomic E-state index is 11.8. The fourth-order valence-corrected chi connectivity index (χ4v) is 4.37. The van der Waals surface area contributed by atoms with Gasteiger partial charge in [-0.3, -0.25) is 4.79 Å². The lowest BCUT2D eigenvalue weighted by Crippen LogP contribution is -2.24. The molecule has 0 bridgehead atoms. The Labute approximate surface area is 232 Å². The number of carbonyl (C=O) groups is 1. The Morgan fingerprint density at radius 2 is 1.77 bits per heavy atom. The van der Waals surface area contributed by atoms with Crippen LogP contribution in [0.3, 0.4) is 0 Å². The summed E-state index contributed by atoms with van der Waals surface area (Å²) >= 11 is 0. The molecule has 0 saturated heterocycles. The zero-order valence-electron chi connectivity index (χ0n) is 23.9. The zero-order chi connectivity index (χ0) is 28.7. The molecule has 1 aliphatic rings. The van der Waals surface area contributed by atoms with E-state index in [9.17, 15) is 4.79 Å². The van der Waals surface area contributed by atoms with E-state index in [0.717, 1.165) is 24.2 Å². The molecule has 0 atom stereocenters. The molecule has 0 aliphatic heterocycles. The summed E-state index contributed by atoms with van der Waals surface area (Å²) in [7, 11) is 0. The average Bonchev–Trinajstić information content (AvgIpc) is 3.48. The van der Waals surface area contributed by atoms with Crippen LogP contribution in [0.4, 0.5) is 5.82 Å². The van der Waals surface area contributed by atoms with E-state index in [2.05, 4.69) is 25.1 Å². The third-order valence-corrected chi connectivity index (χ3v) is 6.35. The lowest BCUT2D eigenvalue weighted by Gasteiger charge is -2.19. The van der Waals surface area contributed by atoms with E-state index in [0.29, 0.717) is 59.3 Å². The number of fused-ring (bicyclic) bond motifs is 1. The largest absolute Gasteiger partial charge is 0.460 e. The molecular weight excluding hydrogens is 512 g/mol. The van der Waals surface area contributed by atoms with Crippen LogP contribution in [0.2, 0.25) is 0 Å². The average molecular weight is 549 g/mol. The lowest BCUT2D eigenvalue weighted by atomic mass is 10.1. The number of hydrogen-bond acceptors (Lipinski definition) is 11. The molecule has 0 unspecified atom stereocenters. The minimum atomic E-state index is -0.500. The van der Waals surface area contributed by atoms with Gasteiger partial charge in [-0.1, -0.05) is 5.16 Å². The number of hydrogen-bond donors (Lipinski definition) is 1. The molecule has 40 heavy (non-hydrogen) atoms. The zero-order valence-corrected chi connectivity index (χ0v) is 23.9. The van der Waals surface area contributed by atoms with Gasteiger partial charge in [-0.15, -0.1) is 0 Å². The third kappa shape index (κ3) is 5.96. The first kappa shape index (κ1) is 27.6. The Morgan fingerprint density at radius 1 is 1.05 bits per heavy atom. The summed E-state index contributed by atoms with van der Waals surface area (Å²) in [5.41, 5.74) is 8.78. The van der Waals surface area contributed by atoms with Gasteiger partial charge in [-0.25, -0.2) is 24.6 Å². The van der Waals surface area contributed by atoms with Gasteiger partial charge in [-0.2, -0.15) is 5.10 Å². The highest BCUT2D eigenvalue weighted by Crippen LogP contribution is 2.47. The van der Waals surface area contributed by atoms with E-state index >= 15 is 0 Å². The van der Waals surface area contributed by atoms with E-state index in [4.69, 9.17) is 24.8 Å². The van der Waals surface area contributed by atoms with E-state index in [1.807, 2.05) is 46.2 Å². The Kier molecular flexibility index (Phi) is 7.30. The van der Waals surface area contributed by atoms with Crippen LogP contribution in [0.25, 0.3) is 33.8 Å². The summed E-state index contributed by atoms with van der Waals surface area (Å²) < 4.78 is 18.6. The number of anilines is 1. The molecule has 0 spiro atoms. The molecule has 1 saturated carbocycles. The summed E-state index contributed by atoms with van der Waals surface area (Å²) in [6.45, 7) is 12.4. The first-order valence-electron chi connectivity index (χ1n) is 13.5. The summed E-state index contributed by atoms with van der Waals surface area (Å²) in [6, 6.07) is 0. The van der Waals surface area contributed by atoms with Gasteiger partial charge >= 0.3 is 5.97 Å². The van der Waals surface area contributed by atoms with Crippen molar-refractivity contribution < 1.29 is 18.8 Å². The molecule has 0 amide bonds. The van der Waals surface area contributed by atoms with Crippen LogP contribution in [0.5, 0.6) is 0 Å². The molecule has 4 aromatic heterocycles. The smallest absolute Gasteiger partial charge is 0.308 e. The van der Waals surface area contributed by atoms with Crippen molar-refractivity contribution in [1.29, 1.82) is 0 Å². The number of esters is 1. The van der Waals surface area contributed by atoms with E-state index in [1.54, 1.807) is 12.4 Å². The van der Waals surface area contributed by atoms with Crippen LogP contribution in [-0.2, 0) is 26.2 Å². The van der Waals surface area contributed by atoms with Gasteiger partial charge < -0.3 is 19.7 Å². The number of ether oxygens (including phenoxy) is 2. The number of nitrogen functional groups attached to an aromatic ring is 1. The predicted molar refractivity (Wildman–Crippen MR) is 148 cm³/mol. The van der Waals surface area contributed by atoms with Gasteiger partial charge in [0.2, 0.25) is 0 Å². The first-order valence-corrected chi connectivity index (χ1v) is 13.5. The van der Waals surface area contributed by atoms with Crippen molar-refractivity contribution in [1.82, 2.24) is 34.9 Å². The molecule has 5 rings (SSSR count). The molecule has 1 aliphatic carbocycles. The van der Waals surface area contributed by atoms with Crippen LogP contribution in [0.15, 0.2) is 23.2 Å². The molecule has 212 valence electrons. The van der Waals surface area contributed by atoms with E-state index < -0.39 is 5.60 Å². The Balaban J connectivity index is 1.37. The fraction of sp³-hybridized carbons (Fsp3) is 0.536. The number of nitrogens with two attached hydrogens (primary N) is 1. The van der Waals surface area contributed by atoms with Gasteiger partial charge in [0.25, 0.3) is 0 Å². The highest BCUT2D eigenvalue weighted by atomic mass is 16.6. The molecule has 4 aromatic rings. The van der Waals surface area contributed by atoms with Crippen LogP contribution in [-0.4, -0.2) is 59.7 Å². The van der Waals surface area contributed by atoms with Gasteiger partial charge in [-0.05, 0) is 66.4 Å². The van der Waals surface area contributed by atoms with Crippen molar-refractivity contribution in [3.63, 3.8) is 0 Å². The molecule has 4 heterocycles. The molecule has 1 fully saturated rings. The van der Waals surface area contributed by atoms with Gasteiger partial charge in [0.05, 0.1) is 36.1 Å². The van der Waals surface area contributed by atoms with Crippen molar-refractivity contribution in [2.45, 2.75) is 84.3 Å². The molecule has 12 heteroatoms. The second kappa shape index (κ2) is 10.6. The van der Waals surface area contributed by atoms with Crippen molar-refractivity contribution in [2.75, 3.05) is 18.9 Å².